The number of benzene rings is 1. The summed E-state index contributed by atoms with van der Waals surface area (Å²) < 4.78 is 0. The van der Waals surface area contributed by atoms with Gasteiger partial charge in [-0.1, -0.05) is 45.9 Å². The number of nitrogens with two attached hydrogens (primary N) is 1. The lowest BCUT2D eigenvalue weighted by Gasteiger charge is -2.24. The van der Waals surface area contributed by atoms with E-state index in [0.29, 0.717) is 11.8 Å². The van der Waals surface area contributed by atoms with Crippen molar-refractivity contribution in [3.63, 3.8) is 0 Å². The van der Waals surface area contributed by atoms with Gasteiger partial charge in [-0.05, 0) is 36.8 Å². The standard InChI is InChI=1S/C16H26N2O/c1-10(2)12-8-7-9-13(11(3)4)14(12)18-15(19)16(5,6)17/h7-11H,17H2,1-6H3,(H,18,19). The molecule has 0 heterocycles. The molecular formula is C16H26N2O. The van der Waals surface area contributed by atoms with Crippen LogP contribution < -0.4 is 11.1 Å². The zero-order chi connectivity index (χ0) is 14.8. The van der Waals surface area contributed by atoms with Gasteiger partial charge >= 0.3 is 0 Å². The van der Waals surface area contributed by atoms with Gasteiger partial charge in [0.1, 0.15) is 0 Å². The molecular weight excluding hydrogens is 236 g/mol. The fourth-order valence-electron chi connectivity index (χ4n) is 1.97. The summed E-state index contributed by atoms with van der Waals surface area (Å²) in [7, 11) is 0. The van der Waals surface area contributed by atoms with E-state index in [0.717, 1.165) is 16.8 Å². The molecule has 1 rings (SSSR count). The molecule has 1 aromatic rings. The van der Waals surface area contributed by atoms with Crippen molar-refractivity contribution in [3.05, 3.63) is 29.3 Å². The van der Waals surface area contributed by atoms with Crippen LogP contribution in [0.25, 0.3) is 0 Å². The van der Waals surface area contributed by atoms with E-state index in [1.807, 2.05) is 6.07 Å². The molecule has 0 spiro atoms. The van der Waals surface area contributed by atoms with E-state index in [1.165, 1.54) is 0 Å². The molecule has 0 saturated heterocycles. The lowest BCUT2D eigenvalue weighted by Crippen LogP contribution is -2.45. The van der Waals surface area contributed by atoms with E-state index in [9.17, 15) is 4.79 Å². The Kier molecular flexibility index (Phi) is 4.75. The SMILES string of the molecule is CC(C)c1cccc(C(C)C)c1NC(=O)C(C)(C)N. The maximum atomic E-state index is 12.1. The summed E-state index contributed by atoms with van der Waals surface area (Å²) in [5, 5.41) is 3.02. The van der Waals surface area contributed by atoms with Crippen molar-refractivity contribution in [3.8, 4) is 0 Å². The molecule has 0 radical (unpaired) electrons. The average molecular weight is 262 g/mol. The molecule has 0 aliphatic carbocycles. The molecule has 0 aromatic heterocycles. The van der Waals surface area contributed by atoms with Crippen molar-refractivity contribution < 1.29 is 4.79 Å². The highest BCUT2D eigenvalue weighted by Crippen LogP contribution is 2.32. The van der Waals surface area contributed by atoms with Gasteiger partial charge in [0.25, 0.3) is 0 Å². The minimum Gasteiger partial charge on any atom is -0.324 e. The van der Waals surface area contributed by atoms with Crippen LogP contribution >= 0.6 is 0 Å². The Labute approximate surface area is 116 Å². The Balaban J connectivity index is 3.26. The summed E-state index contributed by atoms with van der Waals surface area (Å²) in [6, 6.07) is 6.18. The molecule has 3 nitrogen and oxygen atoms in total. The quantitative estimate of drug-likeness (QED) is 0.871. The third-order valence-corrected chi connectivity index (χ3v) is 3.20. The Hall–Kier alpha value is -1.35. The van der Waals surface area contributed by atoms with Gasteiger partial charge in [-0.15, -0.1) is 0 Å². The van der Waals surface area contributed by atoms with Gasteiger partial charge in [0.2, 0.25) is 5.91 Å². The van der Waals surface area contributed by atoms with Crippen LogP contribution in [0.1, 0.15) is 64.5 Å². The fourth-order valence-corrected chi connectivity index (χ4v) is 1.97. The first-order valence-electron chi connectivity index (χ1n) is 6.87. The number of para-hydroxylation sites is 1. The van der Waals surface area contributed by atoms with Crippen LogP contribution in [0.4, 0.5) is 5.69 Å². The molecule has 0 bridgehead atoms. The highest BCUT2D eigenvalue weighted by Gasteiger charge is 2.24. The van der Waals surface area contributed by atoms with Crippen LogP contribution in [-0.4, -0.2) is 11.4 Å². The van der Waals surface area contributed by atoms with Crippen LogP contribution in [-0.2, 0) is 4.79 Å². The normalized spacial score (nSPS) is 12.1. The van der Waals surface area contributed by atoms with Gasteiger partial charge in [0.05, 0.1) is 5.54 Å². The second kappa shape index (κ2) is 5.74. The summed E-state index contributed by atoms with van der Waals surface area (Å²) >= 11 is 0. The lowest BCUT2D eigenvalue weighted by atomic mass is 9.92. The summed E-state index contributed by atoms with van der Waals surface area (Å²) in [6.45, 7) is 11.9. The Morgan fingerprint density at radius 3 is 1.84 bits per heavy atom. The van der Waals surface area contributed by atoms with Crippen molar-refractivity contribution in [2.75, 3.05) is 5.32 Å². The van der Waals surface area contributed by atoms with Gasteiger partial charge in [-0.25, -0.2) is 0 Å². The molecule has 106 valence electrons. The highest BCUT2D eigenvalue weighted by molar-refractivity contribution is 5.98. The molecule has 0 aliphatic heterocycles. The number of carbonyl (C=O) groups excluding carboxylic acids is 1. The van der Waals surface area contributed by atoms with Crippen molar-refractivity contribution in [2.45, 2.75) is 58.9 Å². The first-order chi connectivity index (χ1) is 8.64. The molecule has 0 aliphatic rings. The smallest absolute Gasteiger partial charge is 0.243 e. The maximum Gasteiger partial charge on any atom is 0.243 e. The van der Waals surface area contributed by atoms with Crippen LogP contribution in [0.5, 0.6) is 0 Å². The second-order valence-electron chi connectivity index (χ2n) is 6.30. The molecule has 1 aromatic carbocycles. The van der Waals surface area contributed by atoms with Gasteiger partial charge in [-0.3, -0.25) is 4.79 Å². The number of rotatable bonds is 4. The predicted octanol–water partition coefficient (Wildman–Crippen LogP) is 3.61. The Morgan fingerprint density at radius 2 is 1.53 bits per heavy atom. The van der Waals surface area contributed by atoms with E-state index in [2.05, 4.69) is 45.1 Å². The van der Waals surface area contributed by atoms with E-state index in [-0.39, 0.29) is 5.91 Å². The largest absolute Gasteiger partial charge is 0.324 e. The third kappa shape index (κ3) is 3.80. The van der Waals surface area contributed by atoms with E-state index < -0.39 is 5.54 Å². The molecule has 1 amide bonds. The number of carbonyl (C=O) groups is 1. The molecule has 3 N–H and O–H groups in total. The topological polar surface area (TPSA) is 55.1 Å². The van der Waals surface area contributed by atoms with Crippen molar-refractivity contribution in [2.24, 2.45) is 5.73 Å². The van der Waals surface area contributed by atoms with E-state index in [4.69, 9.17) is 5.73 Å². The fraction of sp³-hybridized carbons (Fsp3) is 0.562. The Bertz CT molecular complexity index is 430. The maximum absolute atomic E-state index is 12.1. The van der Waals surface area contributed by atoms with Crippen LogP contribution in [0.15, 0.2) is 18.2 Å². The molecule has 0 fully saturated rings. The first kappa shape index (κ1) is 15.7. The first-order valence-corrected chi connectivity index (χ1v) is 6.87. The number of hydrogen-bond acceptors (Lipinski definition) is 2. The number of anilines is 1. The predicted molar refractivity (Wildman–Crippen MR) is 81.5 cm³/mol. The zero-order valence-corrected chi connectivity index (χ0v) is 12.9. The average Bonchev–Trinajstić information content (AvgIpc) is 2.27. The van der Waals surface area contributed by atoms with Gasteiger partial charge in [-0.2, -0.15) is 0 Å². The van der Waals surface area contributed by atoms with Gasteiger partial charge in [0, 0.05) is 5.69 Å². The van der Waals surface area contributed by atoms with Crippen LogP contribution in [0, 0.1) is 0 Å². The molecule has 19 heavy (non-hydrogen) atoms. The number of hydrogen-bond donors (Lipinski definition) is 2. The van der Waals surface area contributed by atoms with Crippen LogP contribution in [0.2, 0.25) is 0 Å². The van der Waals surface area contributed by atoms with Crippen molar-refractivity contribution in [1.82, 2.24) is 0 Å². The minimum absolute atomic E-state index is 0.150. The number of nitrogens with one attached hydrogen (secondary N) is 1. The zero-order valence-electron chi connectivity index (χ0n) is 12.9. The molecule has 3 heteroatoms. The lowest BCUT2D eigenvalue weighted by molar-refractivity contribution is -0.120. The summed E-state index contributed by atoms with van der Waals surface area (Å²) in [5.41, 5.74) is 8.23. The third-order valence-electron chi connectivity index (χ3n) is 3.20. The molecule has 0 saturated carbocycles. The van der Waals surface area contributed by atoms with Gasteiger partial charge < -0.3 is 11.1 Å². The summed E-state index contributed by atoms with van der Waals surface area (Å²) in [5.74, 6) is 0.562. The van der Waals surface area contributed by atoms with Gasteiger partial charge in [0.15, 0.2) is 0 Å². The van der Waals surface area contributed by atoms with E-state index in [1.54, 1.807) is 13.8 Å². The summed E-state index contributed by atoms with van der Waals surface area (Å²) in [6.07, 6.45) is 0. The molecule has 0 atom stereocenters. The molecule has 0 unspecified atom stereocenters. The van der Waals surface area contributed by atoms with Crippen molar-refractivity contribution in [1.29, 1.82) is 0 Å². The second-order valence-corrected chi connectivity index (χ2v) is 6.30. The Morgan fingerprint density at radius 1 is 1.11 bits per heavy atom. The van der Waals surface area contributed by atoms with E-state index >= 15 is 0 Å². The monoisotopic (exact) mass is 262 g/mol. The highest BCUT2D eigenvalue weighted by atomic mass is 16.2. The van der Waals surface area contributed by atoms with Crippen molar-refractivity contribution >= 4 is 11.6 Å². The minimum atomic E-state index is -0.877. The van der Waals surface area contributed by atoms with Crippen LogP contribution in [0.3, 0.4) is 0 Å². The number of amides is 1. The summed E-state index contributed by atoms with van der Waals surface area (Å²) in [4.78, 5) is 12.1.